The smallest absolute Gasteiger partial charge is 0.268 e. The van der Waals surface area contributed by atoms with Crippen molar-refractivity contribution >= 4 is 29.2 Å². The average molecular weight is 405 g/mol. The number of benzene rings is 2. The minimum atomic E-state index is -0.324. The van der Waals surface area contributed by atoms with Crippen molar-refractivity contribution in [3.63, 3.8) is 0 Å². The second-order valence-electron chi connectivity index (χ2n) is 6.95. The molecule has 29 heavy (non-hydrogen) atoms. The van der Waals surface area contributed by atoms with Crippen molar-refractivity contribution in [3.8, 4) is 0 Å². The molecule has 0 spiro atoms. The number of amides is 2. The lowest BCUT2D eigenvalue weighted by molar-refractivity contribution is -0.118. The van der Waals surface area contributed by atoms with Gasteiger partial charge < -0.3 is 10.6 Å². The van der Waals surface area contributed by atoms with Crippen molar-refractivity contribution < 1.29 is 9.59 Å². The minimum absolute atomic E-state index is 0.189. The molecule has 1 heterocycles. The van der Waals surface area contributed by atoms with E-state index in [1.165, 1.54) is 11.3 Å². The molecule has 2 N–H and O–H groups in total. The topological polar surface area (TPSA) is 58.2 Å². The lowest BCUT2D eigenvalue weighted by Crippen LogP contribution is -2.36. The first-order valence-electron chi connectivity index (χ1n) is 9.43. The molecule has 0 saturated heterocycles. The molecular formula is C24H24N2O2S. The predicted octanol–water partition coefficient (Wildman–Crippen LogP) is 5.01. The summed E-state index contributed by atoms with van der Waals surface area (Å²) in [5.74, 6) is -0.634. The highest BCUT2D eigenvalue weighted by molar-refractivity contribution is 7.10. The van der Waals surface area contributed by atoms with Crippen molar-refractivity contribution in [1.29, 1.82) is 0 Å². The highest BCUT2D eigenvalue weighted by Gasteiger charge is 2.18. The molecule has 5 heteroatoms. The fraction of sp³-hybridized carbons (Fsp3) is 0.167. The Kier molecular flexibility index (Phi) is 6.62. The maximum atomic E-state index is 13.0. The third-order valence-electron chi connectivity index (χ3n) is 4.61. The Bertz CT molecular complexity index is 1040. The molecule has 1 aromatic heterocycles. The van der Waals surface area contributed by atoms with Crippen LogP contribution in [-0.4, -0.2) is 11.8 Å². The standard InChI is InChI=1S/C24H24N2O2S/c1-16-8-6-10-19(14-16)23(27)26-22(15-20-11-7-13-29-20)24(28)25-18(3)21-12-5-4-9-17(21)2/h4-15,18H,1-3H3,(H,25,28)(H,26,27)/b22-15-/t18-/m0/s1. The van der Waals surface area contributed by atoms with Crippen molar-refractivity contribution in [1.82, 2.24) is 10.6 Å². The molecule has 2 amide bonds. The predicted molar refractivity (Wildman–Crippen MR) is 119 cm³/mol. The molecular weight excluding hydrogens is 380 g/mol. The van der Waals surface area contributed by atoms with Crippen molar-refractivity contribution in [2.24, 2.45) is 0 Å². The lowest BCUT2D eigenvalue weighted by atomic mass is 10.0. The third kappa shape index (κ3) is 5.42. The maximum absolute atomic E-state index is 13.0. The summed E-state index contributed by atoms with van der Waals surface area (Å²) in [5.41, 5.74) is 3.87. The number of rotatable bonds is 6. The van der Waals surface area contributed by atoms with Gasteiger partial charge in [-0.05, 0) is 61.6 Å². The highest BCUT2D eigenvalue weighted by atomic mass is 32.1. The van der Waals surface area contributed by atoms with E-state index >= 15 is 0 Å². The first kappa shape index (κ1) is 20.6. The van der Waals surface area contributed by atoms with Crippen LogP contribution in [0.15, 0.2) is 71.7 Å². The number of carbonyl (C=O) groups is 2. The molecule has 148 valence electrons. The van der Waals surface area contributed by atoms with Gasteiger partial charge in [-0.3, -0.25) is 9.59 Å². The Hall–Kier alpha value is -3.18. The summed E-state index contributed by atoms with van der Waals surface area (Å²) >= 11 is 1.50. The monoisotopic (exact) mass is 404 g/mol. The van der Waals surface area contributed by atoms with Crippen LogP contribution in [-0.2, 0) is 4.79 Å². The van der Waals surface area contributed by atoms with E-state index in [0.29, 0.717) is 5.56 Å². The molecule has 2 aromatic carbocycles. The van der Waals surface area contributed by atoms with Gasteiger partial charge >= 0.3 is 0 Å². The van der Waals surface area contributed by atoms with Crippen LogP contribution in [0.25, 0.3) is 6.08 Å². The summed E-state index contributed by atoms with van der Waals surface area (Å²) in [4.78, 5) is 26.6. The summed E-state index contributed by atoms with van der Waals surface area (Å²) in [7, 11) is 0. The first-order chi connectivity index (χ1) is 13.9. The molecule has 0 aliphatic carbocycles. The van der Waals surface area contributed by atoms with E-state index < -0.39 is 0 Å². The zero-order valence-corrected chi connectivity index (χ0v) is 17.5. The molecule has 0 aliphatic rings. The number of aryl methyl sites for hydroxylation is 2. The van der Waals surface area contributed by atoms with E-state index in [9.17, 15) is 9.59 Å². The molecule has 0 bridgehead atoms. The van der Waals surface area contributed by atoms with Gasteiger partial charge in [0.2, 0.25) is 0 Å². The van der Waals surface area contributed by atoms with E-state index in [-0.39, 0.29) is 23.6 Å². The number of thiophene rings is 1. The first-order valence-corrected chi connectivity index (χ1v) is 10.3. The van der Waals surface area contributed by atoms with Gasteiger partial charge in [-0.15, -0.1) is 11.3 Å². The molecule has 3 aromatic rings. The van der Waals surface area contributed by atoms with Gasteiger partial charge in [-0.2, -0.15) is 0 Å². The number of carbonyl (C=O) groups excluding carboxylic acids is 2. The average Bonchev–Trinajstić information content (AvgIpc) is 3.20. The fourth-order valence-corrected chi connectivity index (χ4v) is 3.74. The zero-order valence-electron chi connectivity index (χ0n) is 16.7. The van der Waals surface area contributed by atoms with Crippen LogP contribution in [0.3, 0.4) is 0 Å². The van der Waals surface area contributed by atoms with E-state index in [2.05, 4.69) is 10.6 Å². The molecule has 0 unspecified atom stereocenters. The Morgan fingerprint density at radius 3 is 2.48 bits per heavy atom. The molecule has 0 aliphatic heterocycles. The normalized spacial score (nSPS) is 12.3. The minimum Gasteiger partial charge on any atom is -0.344 e. The van der Waals surface area contributed by atoms with Crippen molar-refractivity contribution in [3.05, 3.63) is 98.9 Å². The Morgan fingerprint density at radius 2 is 1.79 bits per heavy atom. The van der Waals surface area contributed by atoms with Crippen LogP contribution in [0.5, 0.6) is 0 Å². The second-order valence-corrected chi connectivity index (χ2v) is 7.93. The summed E-state index contributed by atoms with van der Waals surface area (Å²) < 4.78 is 0. The SMILES string of the molecule is Cc1cccc(C(=O)N/C(=C\c2cccs2)C(=O)N[C@@H](C)c2ccccc2C)c1. The summed E-state index contributed by atoms with van der Waals surface area (Å²) in [6.45, 7) is 5.88. The molecule has 3 rings (SSSR count). The van der Waals surface area contributed by atoms with Crippen LogP contribution in [0.2, 0.25) is 0 Å². The summed E-state index contributed by atoms with van der Waals surface area (Å²) in [6, 6.07) is 18.8. The zero-order chi connectivity index (χ0) is 20.8. The lowest BCUT2D eigenvalue weighted by Gasteiger charge is -2.18. The van der Waals surface area contributed by atoms with Gasteiger partial charge in [0.1, 0.15) is 5.70 Å². The molecule has 4 nitrogen and oxygen atoms in total. The largest absolute Gasteiger partial charge is 0.344 e. The van der Waals surface area contributed by atoms with Gasteiger partial charge in [-0.25, -0.2) is 0 Å². The van der Waals surface area contributed by atoms with Crippen LogP contribution >= 0.6 is 11.3 Å². The Labute approximate surface area is 175 Å². The van der Waals surface area contributed by atoms with E-state index in [0.717, 1.165) is 21.6 Å². The summed E-state index contributed by atoms with van der Waals surface area (Å²) in [6.07, 6.45) is 1.71. The highest BCUT2D eigenvalue weighted by Crippen LogP contribution is 2.18. The second kappa shape index (κ2) is 9.34. The van der Waals surface area contributed by atoms with E-state index in [4.69, 9.17) is 0 Å². The van der Waals surface area contributed by atoms with Gasteiger partial charge in [-0.1, -0.05) is 48.0 Å². The number of hydrogen-bond acceptors (Lipinski definition) is 3. The van der Waals surface area contributed by atoms with Gasteiger partial charge in [0, 0.05) is 10.4 Å². The number of nitrogens with one attached hydrogen (secondary N) is 2. The maximum Gasteiger partial charge on any atom is 0.268 e. The van der Waals surface area contributed by atoms with Crippen molar-refractivity contribution in [2.75, 3.05) is 0 Å². The van der Waals surface area contributed by atoms with Crippen LogP contribution in [0, 0.1) is 13.8 Å². The van der Waals surface area contributed by atoms with Crippen LogP contribution in [0.1, 0.15) is 44.9 Å². The summed E-state index contributed by atoms with van der Waals surface area (Å²) in [5, 5.41) is 7.72. The molecule has 0 fully saturated rings. The van der Waals surface area contributed by atoms with Gasteiger partial charge in [0.05, 0.1) is 6.04 Å². The third-order valence-corrected chi connectivity index (χ3v) is 5.42. The van der Waals surface area contributed by atoms with E-state index in [1.54, 1.807) is 18.2 Å². The van der Waals surface area contributed by atoms with E-state index in [1.807, 2.05) is 74.7 Å². The fourth-order valence-electron chi connectivity index (χ4n) is 3.08. The molecule has 0 saturated carbocycles. The Balaban J connectivity index is 1.83. The van der Waals surface area contributed by atoms with Crippen molar-refractivity contribution in [2.45, 2.75) is 26.8 Å². The van der Waals surface area contributed by atoms with Crippen LogP contribution < -0.4 is 10.6 Å². The molecule has 1 atom stereocenters. The van der Waals surface area contributed by atoms with Gasteiger partial charge in [0.25, 0.3) is 11.8 Å². The number of hydrogen-bond donors (Lipinski definition) is 2. The quantitative estimate of drug-likeness (QED) is 0.567. The molecule has 0 radical (unpaired) electrons. The van der Waals surface area contributed by atoms with Crippen LogP contribution in [0.4, 0.5) is 0 Å². The Morgan fingerprint density at radius 1 is 1.00 bits per heavy atom. The van der Waals surface area contributed by atoms with Gasteiger partial charge in [0.15, 0.2) is 0 Å².